The highest BCUT2D eigenvalue weighted by Gasteiger charge is 2.18. The summed E-state index contributed by atoms with van der Waals surface area (Å²) in [5.74, 6) is -1.15. The minimum absolute atomic E-state index is 0.0278. The summed E-state index contributed by atoms with van der Waals surface area (Å²) in [7, 11) is 0. The molecule has 1 amide bonds. The number of ether oxygens (including phenoxy) is 1. The Labute approximate surface area is 168 Å². The van der Waals surface area contributed by atoms with E-state index in [9.17, 15) is 14.4 Å². The van der Waals surface area contributed by atoms with Crippen molar-refractivity contribution in [2.24, 2.45) is 0 Å². The number of amides is 1. The van der Waals surface area contributed by atoms with E-state index in [0.717, 1.165) is 11.1 Å². The van der Waals surface area contributed by atoms with Crippen molar-refractivity contribution in [3.63, 3.8) is 0 Å². The van der Waals surface area contributed by atoms with Gasteiger partial charge >= 0.3 is 5.97 Å². The average Bonchev–Trinajstić information content (AvgIpc) is 2.73. The van der Waals surface area contributed by atoms with Gasteiger partial charge in [0.1, 0.15) is 0 Å². The third-order valence-electron chi connectivity index (χ3n) is 4.44. The van der Waals surface area contributed by atoms with Crippen molar-refractivity contribution in [2.75, 3.05) is 6.61 Å². The quantitative estimate of drug-likeness (QED) is 0.623. The maximum absolute atomic E-state index is 12.6. The third kappa shape index (κ3) is 4.87. The van der Waals surface area contributed by atoms with E-state index < -0.39 is 18.5 Å². The molecule has 0 atom stereocenters. The topological polar surface area (TPSA) is 90.3 Å². The molecule has 0 saturated heterocycles. The van der Waals surface area contributed by atoms with Gasteiger partial charge in [-0.05, 0) is 25.0 Å². The summed E-state index contributed by atoms with van der Waals surface area (Å²) < 4.78 is 6.41. The van der Waals surface area contributed by atoms with Crippen LogP contribution in [-0.4, -0.2) is 28.3 Å². The Hall–Kier alpha value is -3.48. The molecule has 0 spiro atoms. The SMILES string of the molecule is CCCn1nc(C(=O)OCC(=O)NCc2ccc(C)cc2)c2ccccc2c1=O. The molecule has 0 aliphatic heterocycles. The van der Waals surface area contributed by atoms with E-state index in [1.165, 1.54) is 4.68 Å². The lowest BCUT2D eigenvalue weighted by Gasteiger charge is -2.10. The molecule has 0 radical (unpaired) electrons. The minimum Gasteiger partial charge on any atom is -0.451 e. The second-order valence-electron chi connectivity index (χ2n) is 6.76. The fourth-order valence-corrected chi connectivity index (χ4v) is 2.91. The number of esters is 1. The number of aromatic nitrogens is 2. The van der Waals surface area contributed by atoms with Gasteiger partial charge < -0.3 is 10.1 Å². The molecule has 3 rings (SSSR count). The maximum atomic E-state index is 12.6. The van der Waals surface area contributed by atoms with Crippen LogP contribution in [-0.2, 0) is 22.6 Å². The van der Waals surface area contributed by atoms with E-state index in [-0.39, 0.29) is 11.3 Å². The monoisotopic (exact) mass is 393 g/mol. The molecule has 0 aliphatic rings. The zero-order valence-electron chi connectivity index (χ0n) is 16.5. The van der Waals surface area contributed by atoms with E-state index in [0.29, 0.717) is 30.3 Å². The fourth-order valence-electron chi connectivity index (χ4n) is 2.91. The van der Waals surface area contributed by atoms with Crippen LogP contribution in [0.1, 0.15) is 35.0 Å². The Morgan fingerprint density at radius 2 is 1.76 bits per heavy atom. The summed E-state index contributed by atoms with van der Waals surface area (Å²) in [5.41, 5.74) is 1.86. The zero-order valence-corrected chi connectivity index (χ0v) is 16.5. The molecule has 1 aromatic heterocycles. The number of carbonyl (C=O) groups excluding carboxylic acids is 2. The number of hydrogen-bond acceptors (Lipinski definition) is 5. The number of hydrogen-bond donors (Lipinski definition) is 1. The van der Waals surface area contributed by atoms with Crippen molar-refractivity contribution in [1.82, 2.24) is 15.1 Å². The number of benzene rings is 2. The highest BCUT2D eigenvalue weighted by atomic mass is 16.5. The number of nitrogens with one attached hydrogen (secondary N) is 1. The van der Waals surface area contributed by atoms with Crippen LogP contribution in [0, 0.1) is 6.92 Å². The fraction of sp³-hybridized carbons (Fsp3) is 0.273. The number of nitrogens with zero attached hydrogens (tertiary/aromatic N) is 2. The number of rotatable bonds is 7. The van der Waals surface area contributed by atoms with Gasteiger partial charge in [-0.3, -0.25) is 9.59 Å². The number of carbonyl (C=O) groups is 2. The molecular weight excluding hydrogens is 370 g/mol. The zero-order chi connectivity index (χ0) is 20.8. The summed E-state index contributed by atoms with van der Waals surface area (Å²) >= 11 is 0. The van der Waals surface area contributed by atoms with Crippen LogP contribution in [0.25, 0.3) is 10.8 Å². The van der Waals surface area contributed by atoms with E-state index in [1.54, 1.807) is 24.3 Å². The van der Waals surface area contributed by atoms with Crippen molar-refractivity contribution in [3.8, 4) is 0 Å². The molecule has 3 aromatic rings. The van der Waals surface area contributed by atoms with Crippen molar-refractivity contribution < 1.29 is 14.3 Å². The summed E-state index contributed by atoms with van der Waals surface area (Å²) in [6, 6.07) is 14.5. The summed E-state index contributed by atoms with van der Waals surface area (Å²) in [4.78, 5) is 37.1. The molecule has 29 heavy (non-hydrogen) atoms. The van der Waals surface area contributed by atoms with Crippen molar-refractivity contribution in [1.29, 1.82) is 0 Å². The Morgan fingerprint density at radius 3 is 2.45 bits per heavy atom. The average molecular weight is 393 g/mol. The van der Waals surface area contributed by atoms with Crippen molar-refractivity contribution in [3.05, 3.63) is 75.7 Å². The highest BCUT2D eigenvalue weighted by molar-refractivity contribution is 6.02. The van der Waals surface area contributed by atoms with Gasteiger partial charge in [-0.2, -0.15) is 5.10 Å². The van der Waals surface area contributed by atoms with Crippen molar-refractivity contribution >= 4 is 22.6 Å². The van der Waals surface area contributed by atoms with E-state index in [4.69, 9.17) is 4.74 Å². The second kappa shape index (κ2) is 9.14. The van der Waals surface area contributed by atoms with Crippen LogP contribution in [0.15, 0.2) is 53.3 Å². The Kier molecular flexibility index (Phi) is 6.39. The number of fused-ring (bicyclic) bond motifs is 1. The molecule has 1 heterocycles. The molecule has 0 saturated carbocycles. The van der Waals surface area contributed by atoms with Gasteiger partial charge in [0.25, 0.3) is 11.5 Å². The molecular formula is C22H23N3O4. The third-order valence-corrected chi connectivity index (χ3v) is 4.44. The van der Waals surface area contributed by atoms with Gasteiger partial charge in [0, 0.05) is 18.5 Å². The molecule has 0 fully saturated rings. The van der Waals surface area contributed by atoms with Crippen LogP contribution in [0.3, 0.4) is 0 Å². The predicted octanol–water partition coefficient (Wildman–Crippen LogP) is 2.59. The maximum Gasteiger partial charge on any atom is 0.359 e. The van der Waals surface area contributed by atoms with Gasteiger partial charge in [-0.15, -0.1) is 0 Å². The summed E-state index contributed by atoms with van der Waals surface area (Å²) in [5, 5.41) is 7.69. The predicted molar refractivity (Wildman–Crippen MR) is 110 cm³/mol. The van der Waals surface area contributed by atoms with E-state index in [1.807, 2.05) is 38.1 Å². The first kappa shape index (κ1) is 20.3. The molecule has 0 bridgehead atoms. The van der Waals surface area contributed by atoms with Crippen LogP contribution in [0.4, 0.5) is 0 Å². The Balaban J connectivity index is 1.69. The molecule has 1 N–H and O–H groups in total. The molecule has 0 aliphatic carbocycles. The normalized spacial score (nSPS) is 10.7. The molecule has 2 aromatic carbocycles. The first-order valence-electron chi connectivity index (χ1n) is 9.49. The summed E-state index contributed by atoms with van der Waals surface area (Å²) in [6.45, 7) is 4.22. The first-order valence-corrected chi connectivity index (χ1v) is 9.49. The van der Waals surface area contributed by atoms with Gasteiger partial charge in [-0.1, -0.05) is 55.0 Å². The molecule has 7 nitrogen and oxygen atoms in total. The smallest absolute Gasteiger partial charge is 0.359 e. The van der Waals surface area contributed by atoms with Gasteiger partial charge in [-0.25, -0.2) is 9.48 Å². The first-order chi connectivity index (χ1) is 14.0. The van der Waals surface area contributed by atoms with Crippen LogP contribution < -0.4 is 10.9 Å². The number of aryl methyl sites for hydroxylation is 2. The minimum atomic E-state index is -0.739. The Bertz CT molecular complexity index is 1090. The van der Waals surface area contributed by atoms with Crippen LogP contribution in [0.5, 0.6) is 0 Å². The summed E-state index contributed by atoms with van der Waals surface area (Å²) in [6.07, 6.45) is 0.696. The highest BCUT2D eigenvalue weighted by Crippen LogP contribution is 2.14. The largest absolute Gasteiger partial charge is 0.451 e. The lowest BCUT2D eigenvalue weighted by atomic mass is 10.1. The lowest BCUT2D eigenvalue weighted by Crippen LogP contribution is -2.30. The molecule has 150 valence electrons. The van der Waals surface area contributed by atoms with E-state index >= 15 is 0 Å². The van der Waals surface area contributed by atoms with Gasteiger partial charge in [0.15, 0.2) is 12.3 Å². The second-order valence-corrected chi connectivity index (χ2v) is 6.76. The van der Waals surface area contributed by atoms with Gasteiger partial charge in [0.2, 0.25) is 0 Å². The van der Waals surface area contributed by atoms with Crippen LogP contribution >= 0.6 is 0 Å². The standard InChI is InChI=1S/C22H23N3O4/c1-3-12-25-21(27)18-7-5-4-6-17(18)20(24-25)22(28)29-14-19(26)23-13-16-10-8-15(2)9-11-16/h4-11H,3,12-14H2,1-2H3,(H,23,26). The molecule has 0 unspecified atom stereocenters. The van der Waals surface area contributed by atoms with E-state index in [2.05, 4.69) is 10.4 Å². The molecule has 7 heteroatoms. The lowest BCUT2D eigenvalue weighted by molar-refractivity contribution is -0.124. The van der Waals surface area contributed by atoms with Gasteiger partial charge in [0.05, 0.1) is 5.39 Å². The van der Waals surface area contributed by atoms with Crippen LogP contribution in [0.2, 0.25) is 0 Å². The van der Waals surface area contributed by atoms with Crippen molar-refractivity contribution in [2.45, 2.75) is 33.4 Å². The Morgan fingerprint density at radius 1 is 1.07 bits per heavy atom.